The van der Waals surface area contributed by atoms with E-state index < -0.39 is 0 Å². The summed E-state index contributed by atoms with van der Waals surface area (Å²) in [5.74, 6) is 0.501. The first-order valence-electron chi connectivity index (χ1n) is 6.03. The van der Waals surface area contributed by atoms with Crippen LogP contribution in [-0.4, -0.2) is 35.2 Å². The van der Waals surface area contributed by atoms with Gasteiger partial charge in [0, 0.05) is 18.7 Å². The largest absolute Gasteiger partial charge is 0.396 e. The molecule has 1 rings (SSSR count). The molecule has 1 aliphatic heterocycles. The fourth-order valence-corrected chi connectivity index (χ4v) is 2.22. The lowest BCUT2D eigenvalue weighted by Gasteiger charge is -2.41. The second kappa shape index (κ2) is 7.24. The van der Waals surface area contributed by atoms with Gasteiger partial charge in [0.15, 0.2) is 0 Å². The zero-order chi connectivity index (χ0) is 11.1. The first kappa shape index (κ1) is 13.9. The normalized spacial score (nSPS) is 28.5. The van der Waals surface area contributed by atoms with E-state index in [1.165, 1.54) is 19.4 Å². The Morgan fingerprint density at radius 2 is 1.93 bits per heavy atom. The van der Waals surface area contributed by atoms with E-state index >= 15 is 0 Å². The molecule has 1 fully saturated rings. The number of rotatable bonds is 2. The van der Waals surface area contributed by atoms with Crippen LogP contribution in [-0.2, 0) is 0 Å². The molecule has 0 radical (unpaired) electrons. The Labute approximate surface area is 89.3 Å². The summed E-state index contributed by atoms with van der Waals surface area (Å²) in [6, 6.07) is 1.18. The van der Waals surface area contributed by atoms with E-state index in [0.29, 0.717) is 24.6 Å². The second-order valence-electron chi connectivity index (χ2n) is 4.16. The molecule has 0 bridgehead atoms. The highest BCUT2D eigenvalue weighted by molar-refractivity contribution is 4.82. The lowest BCUT2D eigenvalue weighted by atomic mass is 9.90. The van der Waals surface area contributed by atoms with Gasteiger partial charge in [0.05, 0.1) is 0 Å². The highest BCUT2D eigenvalue weighted by Crippen LogP contribution is 2.24. The molecule has 2 atom stereocenters. The van der Waals surface area contributed by atoms with E-state index in [1.807, 2.05) is 13.8 Å². The maximum atomic E-state index is 9.13. The summed E-state index contributed by atoms with van der Waals surface area (Å²) in [5.41, 5.74) is 0. The summed E-state index contributed by atoms with van der Waals surface area (Å²) in [4.78, 5) is 2.49. The molecule has 0 aromatic carbocycles. The molecule has 0 aliphatic carbocycles. The first-order valence-corrected chi connectivity index (χ1v) is 6.03. The van der Waals surface area contributed by atoms with Crippen molar-refractivity contribution in [3.63, 3.8) is 0 Å². The minimum Gasteiger partial charge on any atom is -0.396 e. The van der Waals surface area contributed by atoms with Gasteiger partial charge in [-0.15, -0.1) is 0 Å². The van der Waals surface area contributed by atoms with E-state index in [2.05, 4.69) is 25.7 Å². The molecule has 0 spiro atoms. The lowest BCUT2D eigenvalue weighted by molar-refractivity contribution is 0.0450. The number of aliphatic hydroxyl groups is 1. The molecule has 1 N–H and O–H groups in total. The SMILES string of the molecule is CC.CC(C)N1CCCC(CO)C1C. The predicted octanol–water partition coefficient (Wildman–Crippen LogP) is 2.51. The summed E-state index contributed by atoms with van der Waals surface area (Å²) in [5, 5.41) is 9.13. The van der Waals surface area contributed by atoms with Crippen LogP contribution in [0.2, 0.25) is 0 Å². The molecule has 0 aromatic heterocycles. The van der Waals surface area contributed by atoms with Crippen LogP contribution >= 0.6 is 0 Å². The summed E-state index contributed by atoms with van der Waals surface area (Å²) >= 11 is 0. The van der Waals surface area contributed by atoms with E-state index in [0.717, 1.165) is 0 Å². The van der Waals surface area contributed by atoms with E-state index in [9.17, 15) is 0 Å². The molecule has 2 heteroatoms. The molecule has 1 heterocycles. The van der Waals surface area contributed by atoms with Gasteiger partial charge in [-0.3, -0.25) is 4.90 Å². The quantitative estimate of drug-likeness (QED) is 0.742. The third-order valence-corrected chi connectivity index (χ3v) is 3.09. The minimum absolute atomic E-state index is 0.352. The zero-order valence-electron chi connectivity index (χ0n) is 10.5. The van der Waals surface area contributed by atoms with Crippen LogP contribution in [0, 0.1) is 5.92 Å². The van der Waals surface area contributed by atoms with Crippen LogP contribution in [0.15, 0.2) is 0 Å². The Bertz CT molecular complexity index is 136. The molecular weight excluding hydrogens is 174 g/mol. The van der Waals surface area contributed by atoms with Crippen molar-refractivity contribution in [2.45, 2.75) is 59.5 Å². The maximum absolute atomic E-state index is 9.13. The highest BCUT2D eigenvalue weighted by atomic mass is 16.3. The molecule has 1 aliphatic rings. The first-order chi connectivity index (χ1) is 6.66. The number of piperidine rings is 1. The van der Waals surface area contributed by atoms with Crippen LogP contribution in [0.3, 0.4) is 0 Å². The Morgan fingerprint density at radius 3 is 2.36 bits per heavy atom. The molecule has 2 nitrogen and oxygen atoms in total. The van der Waals surface area contributed by atoms with Gasteiger partial charge >= 0.3 is 0 Å². The molecule has 14 heavy (non-hydrogen) atoms. The average molecular weight is 201 g/mol. The van der Waals surface area contributed by atoms with Gasteiger partial charge in [-0.25, -0.2) is 0 Å². The summed E-state index contributed by atoms with van der Waals surface area (Å²) in [6.07, 6.45) is 2.44. The number of hydrogen-bond acceptors (Lipinski definition) is 2. The van der Waals surface area contributed by atoms with Crippen molar-refractivity contribution < 1.29 is 5.11 Å². The highest BCUT2D eigenvalue weighted by Gasteiger charge is 2.28. The third-order valence-electron chi connectivity index (χ3n) is 3.09. The van der Waals surface area contributed by atoms with Gasteiger partial charge in [-0.1, -0.05) is 13.8 Å². The summed E-state index contributed by atoms with van der Waals surface area (Å²) in [7, 11) is 0. The van der Waals surface area contributed by atoms with Crippen molar-refractivity contribution in [3.8, 4) is 0 Å². The van der Waals surface area contributed by atoms with Crippen molar-refractivity contribution in [2.75, 3.05) is 13.2 Å². The molecule has 0 aromatic rings. The Hall–Kier alpha value is -0.0800. The Kier molecular flexibility index (Phi) is 7.20. The average Bonchev–Trinajstić information content (AvgIpc) is 2.21. The van der Waals surface area contributed by atoms with Crippen LogP contribution in [0.1, 0.15) is 47.5 Å². The van der Waals surface area contributed by atoms with Crippen molar-refractivity contribution in [3.05, 3.63) is 0 Å². The number of nitrogens with zero attached hydrogens (tertiary/aromatic N) is 1. The maximum Gasteiger partial charge on any atom is 0.0474 e. The van der Waals surface area contributed by atoms with Crippen LogP contribution < -0.4 is 0 Å². The Morgan fingerprint density at radius 1 is 1.36 bits per heavy atom. The van der Waals surface area contributed by atoms with Crippen molar-refractivity contribution >= 4 is 0 Å². The summed E-state index contributed by atoms with van der Waals surface area (Å²) in [6.45, 7) is 12.3. The molecule has 86 valence electrons. The van der Waals surface area contributed by atoms with E-state index in [4.69, 9.17) is 5.11 Å². The molecule has 0 amide bonds. The van der Waals surface area contributed by atoms with Crippen LogP contribution in [0.25, 0.3) is 0 Å². The van der Waals surface area contributed by atoms with Crippen molar-refractivity contribution in [1.29, 1.82) is 0 Å². The minimum atomic E-state index is 0.352. The van der Waals surface area contributed by atoms with Gasteiger partial charge < -0.3 is 5.11 Å². The topological polar surface area (TPSA) is 23.5 Å². The van der Waals surface area contributed by atoms with Crippen LogP contribution in [0.4, 0.5) is 0 Å². The van der Waals surface area contributed by atoms with Gasteiger partial charge in [0.2, 0.25) is 0 Å². The Balaban J connectivity index is 0.000000791. The zero-order valence-corrected chi connectivity index (χ0v) is 10.5. The smallest absolute Gasteiger partial charge is 0.0474 e. The standard InChI is InChI=1S/C10H21NO.C2H6/c1-8(2)11-6-4-5-10(7-12)9(11)3;1-2/h8-10,12H,4-7H2,1-3H3;1-2H3. The monoisotopic (exact) mass is 201 g/mol. The van der Waals surface area contributed by atoms with Gasteiger partial charge in [-0.2, -0.15) is 0 Å². The molecular formula is C12H27NO. The van der Waals surface area contributed by atoms with Gasteiger partial charge in [0.25, 0.3) is 0 Å². The third kappa shape index (κ3) is 3.58. The summed E-state index contributed by atoms with van der Waals surface area (Å²) < 4.78 is 0. The van der Waals surface area contributed by atoms with E-state index in [-0.39, 0.29) is 0 Å². The van der Waals surface area contributed by atoms with E-state index in [1.54, 1.807) is 0 Å². The molecule has 1 saturated heterocycles. The van der Waals surface area contributed by atoms with Gasteiger partial charge in [0.1, 0.15) is 0 Å². The number of hydrogen-bond donors (Lipinski definition) is 1. The fraction of sp³-hybridized carbons (Fsp3) is 1.00. The van der Waals surface area contributed by atoms with Crippen molar-refractivity contribution in [2.24, 2.45) is 5.92 Å². The fourth-order valence-electron chi connectivity index (χ4n) is 2.22. The second-order valence-corrected chi connectivity index (χ2v) is 4.16. The van der Waals surface area contributed by atoms with Crippen LogP contribution in [0.5, 0.6) is 0 Å². The molecule has 0 saturated carbocycles. The molecule has 2 unspecified atom stereocenters. The van der Waals surface area contributed by atoms with Crippen molar-refractivity contribution in [1.82, 2.24) is 4.90 Å². The number of likely N-dealkylation sites (tertiary alicyclic amines) is 1. The predicted molar refractivity (Wildman–Crippen MR) is 62.5 cm³/mol. The number of aliphatic hydroxyl groups excluding tert-OH is 1. The lowest BCUT2D eigenvalue weighted by Crippen LogP contribution is -2.47. The van der Waals surface area contributed by atoms with Gasteiger partial charge in [-0.05, 0) is 46.1 Å².